The predicted octanol–water partition coefficient (Wildman–Crippen LogP) is 3.34. The van der Waals surface area contributed by atoms with Gasteiger partial charge in [0.1, 0.15) is 6.07 Å². The van der Waals surface area contributed by atoms with Gasteiger partial charge in [0, 0.05) is 16.4 Å². The summed E-state index contributed by atoms with van der Waals surface area (Å²) in [5.74, 6) is -0.173. The molecule has 0 saturated heterocycles. The monoisotopic (exact) mass is 319 g/mol. The number of amides is 1. The van der Waals surface area contributed by atoms with Crippen LogP contribution in [-0.2, 0) is 11.3 Å². The summed E-state index contributed by atoms with van der Waals surface area (Å²) in [5, 5.41) is 14.2. The normalized spacial score (nSPS) is 10.4. The molecular formula is C15H14ClN3OS. The van der Waals surface area contributed by atoms with Gasteiger partial charge < -0.3 is 5.32 Å². The van der Waals surface area contributed by atoms with Gasteiger partial charge in [-0.1, -0.05) is 17.7 Å². The maximum absolute atomic E-state index is 12.0. The lowest BCUT2D eigenvalue weighted by molar-refractivity contribution is -0.117. The predicted molar refractivity (Wildman–Crippen MR) is 85.4 cm³/mol. The first-order valence-corrected chi connectivity index (χ1v) is 7.54. The van der Waals surface area contributed by atoms with Crippen LogP contribution in [0.2, 0.25) is 5.02 Å². The number of likely N-dealkylation sites (N-methyl/N-ethyl adjacent to an activating group) is 1. The Morgan fingerprint density at radius 2 is 2.29 bits per heavy atom. The third kappa shape index (κ3) is 4.57. The minimum Gasteiger partial charge on any atom is -0.324 e. The number of anilines is 1. The van der Waals surface area contributed by atoms with Gasteiger partial charge >= 0.3 is 0 Å². The number of hydrogen-bond donors (Lipinski definition) is 1. The molecule has 2 rings (SSSR count). The number of halogens is 1. The molecule has 2 aromatic rings. The number of nitrogens with zero attached hydrogens (tertiary/aromatic N) is 2. The third-order valence-corrected chi connectivity index (χ3v) is 3.89. The van der Waals surface area contributed by atoms with Crippen molar-refractivity contribution in [3.63, 3.8) is 0 Å². The first kappa shape index (κ1) is 15.5. The first-order chi connectivity index (χ1) is 10.1. The van der Waals surface area contributed by atoms with Gasteiger partial charge in [-0.15, -0.1) is 11.3 Å². The molecule has 4 nitrogen and oxygen atoms in total. The van der Waals surface area contributed by atoms with Crippen LogP contribution in [0.1, 0.15) is 10.4 Å². The first-order valence-electron chi connectivity index (χ1n) is 6.29. The van der Waals surface area contributed by atoms with Crippen molar-refractivity contribution >= 4 is 34.5 Å². The topological polar surface area (TPSA) is 56.1 Å². The summed E-state index contributed by atoms with van der Waals surface area (Å²) < 4.78 is 0. The van der Waals surface area contributed by atoms with Gasteiger partial charge in [0.05, 0.1) is 17.8 Å². The number of nitrogens with one attached hydrogen (secondary N) is 1. The molecule has 0 radical (unpaired) electrons. The van der Waals surface area contributed by atoms with Crippen molar-refractivity contribution in [3.05, 3.63) is 51.2 Å². The van der Waals surface area contributed by atoms with Crippen LogP contribution in [0.3, 0.4) is 0 Å². The Hall–Kier alpha value is -1.87. The fraction of sp³-hybridized carbons (Fsp3) is 0.200. The molecule has 0 aliphatic carbocycles. The van der Waals surface area contributed by atoms with Gasteiger partial charge in [-0.05, 0) is 36.7 Å². The van der Waals surface area contributed by atoms with E-state index < -0.39 is 0 Å². The maximum Gasteiger partial charge on any atom is 0.238 e. The van der Waals surface area contributed by atoms with Crippen molar-refractivity contribution in [2.45, 2.75) is 6.54 Å². The summed E-state index contributed by atoms with van der Waals surface area (Å²) >= 11 is 7.54. The molecule has 108 valence electrons. The molecule has 0 fully saturated rings. The van der Waals surface area contributed by atoms with E-state index in [9.17, 15) is 4.79 Å². The summed E-state index contributed by atoms with van der Waals surface area (Å²) in [6.45, 7) is 0.959. The van der Waals surface area contributed by atoms with E-state index in [4.69, 9.17) is 16.9 Å². The average molecular weight is 320 g/mol. The van der Waals surface area contributed by atoms with Crippen LogP contribution in [0, 0.1) is 11.3 Å². The molecule has 0 aliphatic heterocycles. The van der Waals surface area contributed by atoms with E-state index in [1.165, 1.54) is 4.88 Å². The molecule has 1 amide bonds. The molecule has 0 atom stereocenters. The molecule has 0 bridgehead atoms. The lowest BCUT2D eigenvalue weighted by Gasteiger charge is -2.15. The summed E-state index contributed by atoms with van der Waals surface area (Å²) in [4.78, 5) is 15.1. The quantitative estimate of drug-likeness (QED) is 0.919. The second kappa shape index (κ2) is 7.23. The van der Waals surface area contributed by atoms with Gasteiger partial charge in [-0.3, -0.25) is 9.69 Å². The highest BCUT2D eigenvalue weighted by Crippen LogP contribution is 2.20. The summed E-state index contributed by atoms with van der Waals surface area (Å²) in [5.41, 5.74) is 0.841. The number of thiophene rings is 1. The van der Waals surface area contributed by atoms with Crippen molar-refractivity contribution in [1.82, 2.24) is 4.90 Å². The molecule has 0 spiro atoms. The van der Waals surface area contributed by atoms with Crippen LogP contribution in [0.5, 0.6) is 0 Å². The smallest absolute Gasteiger partial charge is 0.238 e. The number of rotatable bonds is 5. The molecule has 1 heterocycles. The number of carbonyl (C=O) groups is 1. The van der Waals surface area contributed by atoms with Gasteiger partial charge in [-0.25, -0.2) is 0 Å². The Morgan fingerprint density at radius 3 is 2.95 bits per heavy atom. The Bertz CT molecular complexity index is 664. The number of nitriles is 1. The van der Waals surface area contributed by atoms with E-state index in [1.54, 1.807) is 29.5 Å². The molecule has 1 aromatic carbocycles. The molecule has 0 aliphatic rings. The largest absolute Gasteiger partial charge is 0.324 e. The summed E-state index contributed by atoms with van der Waals surface area (Å²) in [6, 6.07) is 10.8. The van der Waals surface area contributed by atoms with Gasteiger partial charge in [0.2, 0.25) is 5.91 Å². The highest BCUT2D eigenvalue weighted by atomic mass is 35.5. The van der Waals surface area contributed by atoms with Gasteiger partial charge in [0.25, 0.3) is 0 Å². The van der Waals surface area contributed by atoms with Crippen molar-refractivity contribution in [1.29, 1.82) is 5.26 Å². The third-order valence-electron chi connectivity index (χ3n) is 2.80. The van der Waals surface area contributed by atoms with Crippen LogP contribution in [0.4, 0.5) is 5.69 Å². The molecule has 1 N–H and O–H groups in total. The maximum atomic E-state index is 12.0. The molecule has 6 heteroatoms. The lowest BCUT2D eigenvalue weighted by atomic mass is 10.2. The standard InChI is InChI=1S/C15H14ClN3OS/c1-19(9-13-3-2-6-21-13)10-15(20)18-14-7-12(16)5-4-11(14)8-17/h2-7H,9-10H2,1H3,(H,18,20). The molecule has 0 saturated carbocycles. The Labute approximate surface area is 132 Å². The second-order valence-electron chi connectivity index (χ2n) is 4.60. The van der Waals surface area contributed by atoms with Crippen LogP contribution < -0.4 is 5.32 Å². The highest BCUT2D eigenvalue weighted by molar-refractivity contribution is 7.09. The van der Waals surface area contributed by atoms with Crippen LogP contribution >= 0.6 is 22.9 Å². The number of carbonyl (C=O) groups excluding carboxylic acids is 1. The minimum absolute atomic E-state index is 0.173. The van der Waals surface area contributed by atoms with Gasteiger partial charge in [0.15, 0.2) is 0 Å². The summed E-state index contributed by atoms with van der Waals surface area (Å²) in [6.07, 6.45) is 0. The minimum atomic E-state index is -0.173. The Balaban J connectivity index is 1.95. The molecule has 1 aromatic heterocycles. The van der Waals surface area contributed by atoms with E-state index >= 15 is 0 Å². The van der Waals surface area contributed by atoms with Crippen molar-refractivity contribution in [3.8, 4) is 6.07 Å². The van der Waals surface area contributed by atoms with Crippen LogP contribution in [-0.4, -0.2) is 24.4 Å². The van der Waals surface area contributed by atoms with Crippen molar-refractivity contribution in [2.75, 3.05) is 18.9 Å². The van der Waals surface area contributed by atoms with E-state index in [2.05, 4.69) is 5.32 Å². The molecular weight excluding hydrogens is 306 g/mol. The Morgan fingerprint density at radius 1 is 1.48 bits per heavy atom. The number of hydrogen-bond acceptors (Lipinski definition) is 4. The zero-order valence-corrected chi connectivity index (χ0v) is 13.0. The van der Waals surface area contributed by atoms with Crippen LogP contribution in [0.15, 0.2) is 35.7 Å². The highest BCUT2D eigenvalue weighted by Gasteiger charge is 2.10. The van der Waals surface area contributed by atoms with E-state index in [-0.39, 0.29) is 12.5 Å². The molecule has 0 unspecified atom stereocenters. The van der Waals surface area contributed by atoms with Crippen LogP contribution in [0.25, 0.3) is 0 Å². The van der Waals surface area contributed by atoms with Crippen molar-refractivity contribution < 1.29 is 4.79 Å². The van der Waals surface area contributed by atoms with E-state index in [1.807, 2.05) is 35.5 Å². The fourth-order valence-electron chi connectivity index (χ4n) is 1.88. The Kier molecular flexibility index (Phi) is 5.34. The number of benzene rings is 1. The second-order valence-corrected chi connectivity index (χ2v) is 6.07. The van der Waals surface area contributed by atoms with E-state index in [0.717, 1.165) is 0 Å². The lowest BCUT2D eigenvalue weighted by Crippen LogP contribution is -2.29. The molecule has 21 heavy (non-hydrogen) atoms. The van der Waals surface area contributed by atoms with Crippen molar-refractivity contribution in [2.24, 2.45) is 0 Å². The summed E-state index contributed by atoms with van der Waals surface area (Å²) in [7, 11) is 1.88. The van der Waals surface area contributed by atoms with Gasteiger partial charge in [-0.2, -0.15) is 5.26 Å². The zero-order chi connectivity index (χ0) is 15.2. The zero-order valence-electron chi connectivity index (χ0n) is 11.5. The fourth-order valence-corrected chi connectivity index (χ4v) is 2.83. The SMILES string of the molecule is CN(CC(=O)Nc1cc(Cl)ccc1C#N)Cc1cccs1. The average Bonchev–Trinajstić information content (AvgIpc) is 2.91. The van der Waals surface area contributed by atoms with E-state index in [0.29, 0.717) is 22.8 Å².